The molecule has 1 aliphatic heterocycles. The van der Waals surface area contributed by atoms with Crippen LogP contribution in [0.2, 0.25) is 0 Å². The van der Waals surface area contributed by atoms with Crippen molar-refractivity contribution in [2.24, 2.45) is 7.05 Å². The van der Waals surface area contributed by atoms with Crippen LogP contribution in [0.4, 0.5) is 10.5 Å². The lowest BCUT2D eigenvalue weighted by Crippen LogP contribution is -2.41. The normalized spacial score (nSPS) is 14.4. The molecule has 2 amide bonds. The van der Waals surface area contributed by atoms with E-state index in [1.54, 1.807) is 42.5 Å². The molecule has 0 aliphatic carbocycles. The number of benzene rings is 1. The van der Waals surface area contributed by atoms with Crippen LogP contribution in [-0.4, -0.2) is 52.3 Å². The van der Waals surface area contributed by atoms with Gasteiger partial charge in [0.2, 0.25) is 0 Å². The Labute approximate surface area is 210 Å². The van der Waals surface area contributed by atoms with Crippen LogP contribution in [0.3, 0.4) is 0 Å². The van der Waals surface area contributed by atoms with E-state index in [0.29, 0.717) is 35.7 Å². The predicted octanol–water partition coefficient (Wildman–Crippen LogP) is 4.82. The summed E-state index contributed by atoms with van der Waals surface area (Å²) in [5.74, 6) is 0.381. The summed E-state index contributed by atoms with van der Waals surface area (Å²) in [4.78, 5) is 31.8. The number of nitriles is 1. The Morgan fingerprint density at radius 1 is 1.22 bits per heavy atom. The third kappa shape index (κ3) is 5.13. The molecular weight excluding hydrogens is 458 g/mol. The number of carbonyl (C=O) groups is 2. The van der Waals surface area contributed by atoms with Crippen molar-refractivity contribution in [2.45, 2.75) is 45.1 Å². The molecule has 1 aliphatic rings. The first-order valence-corrected chi connectivity index (χ1v) is 11.9. The molecule has 0 radical (unpaired) electrons. The standard InChI is InChI=1S/C27H31N5O4/c1-27(2,3)36-26(34)32-11-9-18(10-12-32)20-16-31(4)24-22(20)23(35-5)21(15-29-24)30-25(33)19-8-6-7-17(13-19)14-28/h6-8,13,15-16,18H,9-12H2,1-5H3,(H,30,33). The minimum Gasteiger partial charge on any atom is -0.494 e. The van der Waals surface area contributed by atoms with Gasteiger partial charge in [-0.15, -0.1) is 0 Å². The molecule has 0 atom stereocenters. The number of nitrogens with one attached hydrogen (secondary N) is 1. The van der Waals surface area contributed by atoms with Crippen molar-refractivity contribution in [1.82, 2.24) is 14.5 Å². The number of carbonyl (C=O) groups excluding carboxylic acids is 2. The number of amides is 2. The number of hydrogen-bond donors (Lipinski definition) is 1. The first-order valence-electron chi connectivity index (χ1n) is 11.9. The fourth-order valence-electron chi connectivity index (χ4n) is 4.58. The summed E-state index contributed by atoms with van der Waals surface area (Å²) >= 11 is 0. The molecule has 2 aromatic heterocycles. The summed E-state index contributed by atoms with van der Waals surface area (Å²) in [6.45, 7) is 6.78. The lowest BCUT2D eigenvalue weighted by Gasteiger charge is -2.33. The lowest BCUT2D eigenvalue weighted by molar-refractivity contribution is 0.0205. The van der Waals surface area contributed by atoms with Crippen molar-refractivity contribution in [3.05, 3.63) is 53.3 Å². The highest BCUT2D eigenvalue weighted by Crippen LogP contribution is 2.41. The van der Waals surface area contributed by atoms with Gasteiger partial charge in [0.05, 0.1) is 30.3 Å². The number of pyridine rings is 1. The molecule has 188 valence electrons. The Morgan fingerprint density at radius 3 is 2.58 bits per heavy atom. The quantitative estimate of drug-likeness (QED) is 0.563. The van der Waals surface area contributed by atoms with E-state index in [1.165, 1.54) is 0 Å². The molecule has 0 saturated carbocycles. The third-order valence-corrected chi connectivity index (χ3v) is 6.26. The number of anilines is 1. The Balaban J connectivity index is 1.60. The van der Waals surface area contributed by atoms with E-state index in [9.17, 15) is 9.59 Å². The minimum atomic E-state index is -0.528. The monoisotopic (exact) mass is 489 g/mol. The molecule has 36 heavy (non-hydrogen) atoms. The molecule has 0 spiro atoms. The molecule has 1 fully saturated rings. The van der Waals surface area contributed by atoms with E-state index in [4.69, 9.17) is 14.7 Å². The van der Waals surface area contributed by atoms with Crippen LogP contribution in [0.15, 0.2) is 36.7 Å². The summed E-state index contributed by atoms with van der Waals surface area (Å²) in [5.41, 5.74) is 2.53. The van der Waals surface area contributed by atoms with Gasteiger partial charge in [-0.1, -0.05) is 6.07 Å². The molecule has 0 unspecified atom stereocenters. The summed E-state index contributed by atoms with van der Waals surface area (Å²) in [6, 6.07) is 8.56. The Morgan fingerprint density at radius 2 is 1.94 bits per heavy atom. The van der Waals surface area contributed by atoms with E-state index in [-0.39, 0.29) is 17.9 Å². The molecule has 1 N–H and O–H groups in total. The van der Waals surface area contributed by atoms with Gasteiger partial charge in [0.15, 0.2) is 5.75 Å². The van der Waals surface area contributed by atoms with Crippen LogP contribution in [0.25, 0.3) is 11.0 Å². The highest BCUT2D eigenvalue weighted by molar-refractivity contribution is 6.07. The maximum Gasteiger partial charge on any atom is 0.410 e. The summed E-state index contributed by atoms with van der Waals surface area (Å²) in [5, 5.41) is 12.9. The second-order valence-corrected chi connectivity index (χ2v) is 9.99. The number of ether oxygens (including phenoxy) is 2. The largest absolute Gasteiger partial charge is 0.494 e. The fraction of sp³-hybridized carbons (Fsp3) is 0.407. The number of rotatable bonds is 4. The Kier molecular flexibility index (Phi) is 6.88. The van der Waals surface area contributed by atoms with Crippen LogP contribution in [-0.2, 0) is 11.8 Å². The van der Waals surface area contributed by atoms with Crippen molar-refractivity contribution in [3.63, 3.8) is 0 Å². The predicted molar refractivity (Wildman–Crippen MR) is 136 cm³/mol. The number of piperidine rings is 1. The topological polar surface area (TPSA) is 109 Å². The average Bonchev–Trinajstić information content (AvgIpc) is 3.19. The summed E-state index contributed by atoms with van der Waals surface area (Å²) in [7, 11) is 3.50. The smallest absolute Gasteiger partial charge is 0.410 e. The average molecular weight is 490 g/mol. The molecular formula is C27H31N5O4. The molecule has 3 heterocycles. The first kappa shape index (κ1) is 25.0. The summed E-state index contributed by atoms with van der Waals surface area (Å²) < 4.78 is 13.3. The number of aromatic nitrogens is 2. The highest BCUT2D eigenvalue weighted by Gasteiger charge is 2.30. The number of fused-ring (bicyclic) bond motifs is 1. The van der Waals surface area contributed by atoms with Crippen molar-refractivity contribution in [3.8, 4) is 11.8 Å². The maximum atomic E-state index is 12.9. The van der Waals surface area contributed by atoms with Crippen molar-refractivity contribution < 1.29 is 19.1 Å². The molecule has 3 aromatic rings. The van der Waals surface area contributed by atoms with Crippen LogP contribution in [0, 0.1) is 11.3 Å². The minimum absolute atomic E-state index is 0.196. The number of aryl methyl sites for hydroxylation is 1. The zero-order valence-electron chi connectivity index (χ0n) is 21.3. The second-order valence-electron chi connectivity index (χ2n) is 9.99. The SMILES string of the molecule is COc1c(NC(=O)c2cccc(C#N)c2)cnc2c1c(C1CCN(C(=O)OC(C)(C)C)CC1)cn2C. The van der Waals surface area contributed by atoms with Gasteiger partial charge in [-0.25, -0.2) is 9.78 Å². The van der Waals surface area contributed by atoms with Gasteiger partial charge >= 0.3 is 6.09 Å². The van der Waals surface area contributed by atoms with Gasteiger partial charge in [0.1, 0.15) is 16.9 Å². The zero-order chi connectivity index (χ0) is 26.0. The van der Waals surface area contributed by atoms with Gasteiger partial charge in [-0.2, -0.15) is 5.26 Å². The number of hydrogen-bond acceptors (Lipinski definition) is 6. The van der Waals surface area contributed by atoms with Gasteiger partial charge in [-0.3, -0.25) is 4.79 Å². The van der Waals surface area contributed by atoms with E-state index in [2.05, 4.69) is 16.5 Å². The van der Waals surface area contributed by atoms with E-state index < -0.39 is 5.60 Å². The highest BCUT2D eigenvalue weighted by atomic mass is 16.6. The van der Waals surface area contributed by atoms with Gasteiger partial charge < -0.3 is 24.3 Å². The molecule has 9 nitrogen and oxygen atoms in total. The van der Waals surface area contributed by atoms with Crippen LogP contribution in [0.1, 0.15) is 61.0 Å². The van der Waals surface area contributed by atoms with Crippen LogP contribution < -0.4 is 10.1 Å². The van der Waals surface area contributed by atoms with Gasteiger partial charge in [-0.05, 0) is 63.3 Å². The van der Waals surface area contributed by atoms with Crippen molar-refractivity contribution in [2.75, 3.05) is 25.5 Å². The molecule has 4 rings (SSSR count). The number of nitrogens with zero attached hydrogens (tertiary/aromatic N) is 4. The Hall–Kier alpha value is -4.06. The third-order valence-electron chi connectivity index (χ3n) is 6.26. The zero-order valence-corrected chi connectivity index (χ0v) is 21.3. The molecule has 9 heteroatoms. The first-order chi connectivity index (χ1) is 17.1. The fourth-order valence-corrected chi connectivity index (χ4v) is 4.58. The second kappa shape index (κ2) is 9.90. The van der Waals surface area contributed by atoms with Gasteiger partial charge in [0.25, 0.3) is 5.91 Å². The van der Waals surface area contributed by atoms with E-state index in [1.807, 2.05) is 38.5 Å². The van der Waals surface area contributed by atoms with Gasteiger partial charge in [0, 0.05) is 31.9 Å². The van der Waals surface area contributed by atoms with E-state index >= 15 is 0 Å². The number of methoxy groups -OCH3 is 1. The Bertz CT molecular complexity index is 1340. The molecule has 0 bridgehead atoms. The van der Waals surface area contributed by atoms with E-state index in [0.717, 1.165) is 29.4 Å². The van der Waals surface area contributed by atoms with Crippen LogP contribution in [0.5, 0.6) is 5.75 Å². The molecule has 1 saturated heterocycles. The summed E-state index contributed by atoms with van der Waals surface area (Å²) in [6.07, 6.45) is 4.90. The number of likely N-dealkylation sites (tertiary alicyclic amines) is 1. The maximum absolute atomic E-state index is 12.9. The van der Waals surface area contributed by atoms with Crippen molar-refractivity contribution >= 4 is 28.7 Å². The lowest BCUT2D eigenvalue weighted by atomic mass is 9.89. The molecule has 1 aromatic carbocycles. The van der Waals surface area contributed by atoms with Crippen molar-refractivity contribution in [1.29, 1.82) is 5.26 Å². The van der Waals surface area contributed by atoms with Crippen LogP contribution >= 0.6 is 0 Å².